The zero-order chi connectivity index (χ0) is 13.2. The van der Waals surface area contributed by atoms with E-state index in [2.05, 4.69) is 57.2 Å². The maximum absolute atomic E-state index is 5.72. The molecule has 0 fully saturated rings. The first-order valence-electron chi connectivity index (χ1n) is 6.75. The van der Waals surface area contributed by atoms with Crippen LogP contribution in [0.5, 0.6) is 5.75 Å². The lowest BCUT2D eigenvalue weighted by Crippen LogP contribution is -2.16. The molecule has 1 heteroatoms. The van der Waals surface area contributed by atoms with Crippen molar-refractivity contribution in [2.24, 2.45) is 0 Å². The van der Waals surface area contributed by atoms with Gasteiger partial charge in [0.2, 0.25) is 0 Å². The van der Waals surface area contributed by atoms with Crippen molar-refractivity contribution in [3.63, 3.8) is 0 Å². The predicted octanol–water partition coefficient (Wildman–Crippen LogP) is 4.93. The number of fused-ring (bicyclic) bond motifs is 1. The summed E-state index contributed by atoms with van der Waals surface area (Å²) in [5.74, 6) is 0.990. The van der Waals surface area contributed by atoms with Crippen LogP contribution in [0.25, 0.3) is 10.8 Å². The molecular weight excluding hydrogens is 220 g/mol. The zero-order valence-electron chi connectivity index (χ0n) is 11.8. The van der Waals surface area contributed by atoms with Gasteiger partial charge in [0.25, 0.3) is 0 Å². The van der Waals surface area contributed by atoms with E-state index in [0.29, 0.717) is 6.61 Å². The van der Waals surface area contributed by atoms with E-state index in [0.717, 1.165) is 12.2 Å². The molecule has 0 aliphatic heterocycles. The van der Waals surface area contributed by atoms with Crippen molar-refractivity contribution < 1.29 is 4.74 Å². The van der Waals surface area contributed by atoms with Gasteiger partial charge in [-0.3, -0.25) is 0 Å². The molecule has 0 aliphatic carbocycles. The topological polar surface area (TPSA) is 9.23 Å². The summed E-state index contributed by atoms with van der Waals surface area (Å²) in [5.41, 5.74) is 1.61. The highest BCUT2D eigenvalue weighted by molar-refractivity contribution is 5.91. The Morgan fingerprint density at radius 3 is 2.22 bits per heavy atom. The number of benzene rings is 2. The molecule has 0 aromatic heterocycles. The summed E-state index contributed by atoms with van der Waals surface area (Å²) < 4.78 is 5.72. The van der Waals surface area contributed by atoms with Crippen molar-refractivity contribution in [2.45, 2.75) is 39.5 Å². The standard InChI is InChI=1S/C17H22O/c1-5-17(3,4)15-11-12-16(18-6-2)14-10-8-7-9-13(14)15/h7-12H,5-6H2,1-4H3. The van der Waals surface area contributed by atoms with Crippen molar-refractivity contribution in [1.82, 2.24) is 0 Å². The van der Waals surface area contributed by atoms with Gasteiger partial charge in [-0.05, 0) is 35.8 Å². The van der Waals surface area contributed by atoms with E-state index in [1.807, 2.05) is 6.92 Å². The van der Waals surface area contributed by atoms with E-state index in [4.69, 9.17) is 4.74 Å². The molecule has 0 aliphatic rings. The Labute approximate surface area is 110 Å². The van der Waals surface area contributed by atoms with Gasteiger partial charge in [0, 0.05) is 5.39 Å². The minimum absolute atomic E-state index is 0.199. The van der Waals surface area contributed by atoms with Gasteiger partial charge in [-0.25, -0.2) is 0 Å². The molecule has 1 nitrogen and oxygen atoms in total. The van der Waals surface area contributed by atoms with Gasteiger partial charge in [-0.2, -0.15) is 0 Å². The van der Waals surface area contributed by atoms with Gasteiger partial charge in [-0.15, -0.1) is 0 Å². The Bertz CT molecular complexity index is 540. The minimum atomic E-state index is 0.199. The second-order valence-corrected chi connectivity index (χ2v) is 5.33. The molecule has 2 aromatic carbocycles. The van der Waals surface area contributed by atoms with Gasteiger partial charge in [0.05, 0.1) is 6.61 Å². The van der Waals surface area contributed by atoms with E-state index < -0.39 is 0 Å². The average molecular weight is 242 g/mol. The lowest BCUT2D eigenvalue weighted by molar-refractivity contribution is 0.344. The number of hydrogen-bond acceptors (Lipinski definition) is 1. The van der Waals surface area contributed by atoms with Gasteiger partial charge in [-0.1, -0.05) is 51.1 Å². The quantitative estimate of drug-likeness (QED) is 0.739. The fourth-order valence-corrected chi connectivity index (χ4v) is 2.33. The predicted molar refractivity (Wildman–Crippen MR) is 78.4 cm³/mol. The normalized spacial score (nSPS) is 11.8. The van der Waals surface area contributed by atoms with Crippen LogP contribution in [-0.2, 0) is 5.41 Å². The van der Waals surface area contributed by atoms with Gasteiger partial charge < -0.3 is 4.74 Å². The third kappa shape index (κ3) is 2.22. The largest absolute Gasteiger partial charge is 0.493 e. The molecule has 0 radical (unpaired) electrons. The summed E-state index contributed by atoms with van der Waals surface area (Å²) in [6.07, 6.45) is 1.13. The summed E-state index contributed by atoms with van der Waals surface area (Å²) >= 11 is 0. The lowest BCUT2D eigenvalue weighted by atomic mass is 9.79. The van der Waals surface area contributed by atoms with Crippen molar-refractivity contribution in [2.75, 3.05) is 6.61 Å². The maximum Gasteiger partial charge on any atom is 0.127 e. The third-order valence-electron chi connectivity index (χ3n) is 3.80. The molecule has 2 rings (SSSR count). The average Bonchev–Trinajstić information content (AvgIpc) is 2.39. The highest BCUT2D eigenvalue weighted by atomic mass is 16.5. The van der Waals surface area contributed by atoms with Crippen LogP contribution in [0, 0.1) is 0 Å². The first-order chi connectivity index (χ1) is 8.60. The summed E-state index contributed by atoms with van der Waals surface area (Å²) in [5, 5.41) is 2.54. The Kier molecular flexibility index (Phi) is 3.60. The second kappa shape index (κ2) is 5.01. The molecule has 0 spiro atoms. The van der Waals surface area contributed by atoms with Crippen LogP contribution in [0.4, 0.5) is 0 Å². The first-order valence-corrected chi connectivity index (χ1v) is 6.75. The van der Waals surface area contributed by atoms with Crippen LogP contribution >= 0.6 is 0 Å². The van der Waals surface area contributed by atoms with Crippen LogP contribution in [-0.4, -0.2) is 6.61 Å². The highest BCUT2D eigenvalue weighted by Gasteiger charge is 2.21. The summed E-state index contributed by atoms with van der Waals surface area (Å²) in [6.45, 7) is 9.58. The Morgan fingerprint density at radius 2 is 1.61 bits per heavy atom. The van der Waals surface area contributed by atoms with Gasteiger partial charge >= 0.3 is 0 Å². The smallest absolute Gasteiger partial charge is 0.127 e. The molecule has 0 heterocycles. The van der Waals surface area contributed by atoms with E-state index in [1.54, 1.807) is 0 Å². The fraction of sp³-hybridized carbons (Fsp3) is 0.412. The Balaban J connectivity index is 2.68. The molecule has 2 aromatic rings. The molecule has 0 bridgehead atoms. The highest BCUT2D eigenvalue weighted by Crippen LogP contribution is 2.36. The molecule has 0 atom stereocenters. The van der Waals surface area contributed by atoms with E-state index in [9.17, 15) is 0 Å². The summed E-state index contributed by atoms with van der Waals surface area (Å²) in [6, 6.07) is 12.9. The second-order valence-electron chi connectivity index (χ2n) is 5.33. The number of hydrogen-bond donors (Lipinski definition) is 0. The first kappa shape index (κ1) is 12.9. The molecule has 96 valence electrons. The number of rotatable bonds is 4. The monoisotopic (exact) mass is 242 g/mol. The van der Waals surface area contributed by atoms with Crippen molar-refractivity contribution in [3.8, 4) is 5.75 Å². The van der Waals surface area contributed by atoms with Crippen molar-refractivity contribution in [1.29, 1.82) is 0 Å². The Morgan fingerprint density at radius 1 is 0.944 bits per heavy atom. The Hall–Kier alpha value is -1.50. The van der Waals surface area contributed by atoms with Crippen LogP contribution in [0.2, 0.25) is 0 Å². The van der Waals surface area contributed by atoms with Gasteiger partial charge in [0.15, 0.2) is 0 Å². The molecule has 0 unspecified atom stereocenters. The van der Waals surface area contributed by atoms with Crippen molar-refractivity contribution in [3.05, 3.63) is 42.0 Å². The van der Waals surface area contributed by atoms with E-state index in [-0.39, 0.29) is 5.41 Å². The van der Waals surface area contributed by atoms with Crippen LogP contribution in [0.15, 0.2) is 36.4 Å². The molecule has 0 saturated carbocycles. The summed E-state index contributed by atoms with van der Waals surface area (Å²) in [4.78, 5) is 0. The van der Waals surface area contributed by atoms with Gasteiger partial charge in [0.1, 0.15) is 5.75 Å². The van der Waals surface area contributed by atoms with Crippen LogP contribution in [0.3, 0.4) is 0 Å². The zero-order valence-corrected chi connectivity index (χ0v) is 11.8. The fourth-order valence-electron chi connectivity index (χ4n) is 2.33. The third-order valence-corrected chi connectivity index (χ3v) is 3.80. The van der Waals surface area contributed by atoms with E-state index in [1.165, 1.54) is 16.3 Å². The van der Waals surface area contributed by atoms with Crippen LogP contribution < -0.4 is 4.74 Å². The number of ether oxygens (including phenoxy) is 1. The molecule has 0 N–H and O–H groups in total. The molecule has 0 saturated heterocycles. The lowest BCUT2D eigenvalue weighted by Gasteiger charge is -2.26. The molecule has 0 amide bonds. The van der Waals surface area contributed by atoms with Crippen LogP contribution in [0.1, 0.15) is 39.7 Å². The van der Waals surface area contributed by atoms with Crippen molar-refractivity contribution >= 4 is 10.8 Å². The van der Waals surface area contributed by atoms with E-state index >= 15 is 0 Å². The molecular formula is C17H22O. The minimum Gasteiger partial charge on any atom is -0.493 e. The maximum atomic E-state index is 5.72. The SMILES string of the molecule is CCOc1ccc(C(C)(C)CC)c2ccccc12. The molecule has 18 heavy (non-hydrogen) atoms. The summed E-state index contributed by atoms with van der Waals surface area (Å²) in [7, 11) is 0.